The van der Waals surface area contributed by atoms with Crippen molar-refractivity contribution in [2.24, 2.45) is 0 Å². The molecule has 20 rings (SSSR count). The van der Waals surface area contributed by atoms with Crippen LogP contribution < -0.4 is 38.5 Å². The highest BCUT2D eigenvalue weighted by atomic mass is 35.5. The van der Waals surface area contributed by atoms with Gasteiger partial charge in [0.05, 0.1) is 119 Å². The number of aryl methyl sites for hydroxylation is 1. The minimum atomic E-state index is -3.57. The molecule has 10 aromatic carbocycles. The van der Waals surface area contributed by atoms with E-state index in [9.17, 15) is 52.8 Å². The maximum absolute atomic E-state index is 13.0. The van der Waals surface area contributed by atoms with Crippen LogP contribution in [-0.4, -0.2) is 158 Å². The summed E-state index contributed by atoms with van der Waals surface area (Å²) >= 11 is 19.1. The van der Waals surface area contributed by atoms with Crippen LogP contribution in [0.15, 0.2) is 292 Å². The number of amides is 4. The average molecular weight is 1930 g/mol. The van der Waals surface area contributed by atoms with Gasteiger partial charge < -0.3 is 40.2 Å². The zero-order valence-corrected chi connectivity index (χ0v) is 76.8. The molecule has 0 radical (unpaired) electrons. The van der Waals surface area contributed by atoms with Gasteiger partial charge in [-0.3, -0.25) is 51.4 Å². The number of aromatic nitrogens is 5. The Hall–Kier alpha value is -13.8. The van der Waals surface area contributed by atoms with E-state index in [0.29, 0.717) is 98.7 Å². The number of halogens is 3. The summed E-state index contributed by atoms with van der Waals surface area (Å²) in [5.74, 6) is -2.73. The number of anilines is 8. The highest BCUT2D eigenvalue weighted by Gasteiger charge is 2.32. The minimum Gasteiger partial charge on any atom is -0.362 e. The van der Waals surface area contributed by atoms with Gasteiger partial charge in [-0.05, 0) is 216 Å². The monoisotopic (exact) mass is 1930 g/mol. The molecule has 1 aliphatic carbocycles. The summed E-state index contributed by atoms with van der Waals surface area (Å²) in [5.41, 5.74) is 16.5. The van der Waals surface area contributed by atoms with Crippen LogP contribution in [0.2, 0.25) is 15.1 Å². The molecule has 0 unspecified atom stereocenters. The number of carbonyl (C=O) groups is 4. The van der Waals surface area contributed by atoms with Gasteiger partial charge in [0.2, 0.25) is 0 Å². The largest absolute Gasteiger partial charge is 0.362 e. The lowest BCUT2D eigenvalue weighted by atomic mass is 10.0. The SMILES string of the molecule is Cc1ccc(-c2nccc3ccccc23)cc1NC(=O)c1ccc(N2CCOCS2(=O)=O)cc1.O=C(Nc1cc(Cl)cc(-c2nccc3ccccc23)c1)c1ccc(N2CCOCS2(=O)=O)cc1.O=C(Nc1ccc(Cl)c(-c2ccc3c(n2)CC=C3)c1)c1ccc(N2CCOCS2(=O)=O)cc1.O=C(Nc1cccc(-c2ccnn3cccc23)c1)c1ccc(N2CCOCS2(=O)=O)cc1Cl. The summed E-state index contributed by atoms with van der Waals surface area (Å²) in [4.78, 5) is 65.4. The summed E-state index contributed by atoms with van der Waals surface area (Å²) in [7, 11) is -14.1. The Labute approximate surface area is 786 Å². The van der Waals surface area contributed by atoms with Crippen LogP contribution in [0.3, 0.4) is 0 Å². The number of fused-ring (bicyclic) bond motifs is 4. The van der Waals surface area contributed by atoms with Gasteiger partial charge in [0.1, 0.15) is 0 Å². The molecule has 0 spiro atoms. The molecule has 0 atom stereocenters. The van der Waals surface area contributed by atoms with E-state index in [-0.39, 0.29) is 78.2 Å². The Kier molecular flexibility index (Phi) is 27.4. The van der Waals surface area contributed by atoms with E-state index >= 15 is 0 Å². The highest BCUT2D eigenvalue weighted by molar-refractivity contribution is 7.93. The predicted octanol–water partition coefficient (Wildman–Crippen LogP) is 17.9. The Bertz CT molecular complexity index is 7590. The second-order valence-corrected chi connectivity index (χ2v) is 39.8. The molecule has 4 saturated heterocycles. The van der Waals surface area contributed by atoms with Crippen LogP contribution in [0.4, 0.5) is 45.5 Å². The van der Waals surface area contributed by atoms with Crippen molar-refractivity contribution < 1.29 is 71.8 Å². The van der Waals surface area contributed by atoms with Crippen LogP contribution in [-0.2, 0) is 65.5 Å². The number of nitrogens with zero attached hydrogens (tertiary/aromatic N) is 9. The van der Waals surface area contributed by atoms with Crippen molar-refractivity contribution in [2.45, 2.75) is 13.3 Å². The Balaban J connectivity index is 0.000000124. The first-order valence-corrected chi connectivity index (χ1v) is 49.5. The Morgan fingerprint density at radius 1 is 0.396 bits per heavy atom. The molecule has 5 aliphatic rings. The molecule has 134 heavy (non-hydrogen) atoms. The summed E-state index contributed by atoms with van der Waals surface area (Å²) in [6.45, 7) is 4.14. The summed E-state index contributed by atoms with van der Waals surface area (Å²) in [5, 5.41) is 21.2. The smallest absolute Gasteiger partial charge is 0.259 e. The van der Waals surface area contributed by atoms with Crippen molar-refractivity contribution in [3.8, 4) is 44.9 Å². The van der Waals surface area contributed by atoms with Crippen LogP contribution in [0.5, 0.6) is 0 Å². The van der Waals surface area contributed by atoms with Crippen LogP contribution in [0, 0.1) is 6.92 Å². The summed E-state index contributed by atoms with van der Waals surface area (Å²) < 4.78 is 125. The van der Waals surface area contributed by atoms with Gasteiger partial charge in [-0.15, -0.1) is 0 Å². The third-order valence-corrected chi connectivity index (χ3v) is 29.3. The second kappa shape index (κ2) is 39.9. The fraction of sp³-hybridized carbons (Fsp3) is 0.143. The number of sulfonamides is 4. The number of pyridine rings is 3. The first-order valence-electron chi connectivity index (χ1n) is 41.9. The van der Waals surface area contributed by atoms with Crippen LogP contribution in [0.1, 0.15) is 58.3 Å². The van der Waals surface area contributed by atoms with Crippen molar-refractivity contribution in [1.82, 2.24) is 24.6 Å². The van der Waals surface area contributed by atoms with Crippen molar-refractivity contribution in [3.63, 3.8) is 0 Å². The molecular weight excluding hydrogens is 1850 g/mol. The van der Waals surface area contributed by atoms with Gasteiger partial charge >= 0.3 is 0 Å². The number of nitrogens with one attached hydrogen (secondary N) is 4. The molecule has 4 fully saturated rings. The van der Waals surface area contributed by atoms with E-state index in [1.165, 1.54) is 29.4 Å². The molecule has 0 saturated carbocycles. The molecule has 4 amide bonds. The number of hydrogen-bond acceptors (Lipinski definition) is 20. The van der Waals surface area contributed by atoms with E-state index in [0.717, 1.165) is 95.2 Å². The van der Waals surface area contributed by atoms with E-state index in [1.54, 1.807) is 132 Å². The van der Waals surface area contributed by atoms with Crippen LogP contribution in [0.25, 0.3) is 78.0 Å². The standard InChI is InChI=1S/C26H23N3O4S.C25H20ClN3O4S.C24H20ClN3O4S.C23H19ClN4O4S/c1-18-6-7-21(25-23-5-3-2-4-19(23)12-13-27-25)16-24(18)28-26(30)20-8-10-22(11-9-20)29-14-15-33-17-34(29,31)32;26-20-13-19(24-23-4-2-1-3-17(23)9-10-27-24)14-21(15-20)28-25(30)18-5-7-22(8-6-18)29-11-12-33-16-34(29,31)32;25-21-10-7-18(14-20(21)23-11-6-16-2-1-3-22(16)27-23)26-24(29)17-4-8-19(9-5-17)28-12-13-32-15-33(28,30)31;24-21-14-18(28-11-12-32-15-33(28,30)31)6-7-20(21)23(29)26-17-4-1-3-16(13-17)19-8-9-25-27-10-2-5-22(19)27/h2-13,16H,14-15,17H2,1H3,(H,28,30);1-10,13-15H,11-12,16H2,(H,28,30);1-2,4-11,14H,3,12-13,15H2,(H,26,29);1-10,13-14H,11-12,15H2,(H,26,29). The number of ether oxygens (including phenoxy) is 4. The maximum Gasteiger partial charge on any atom is 0.259 e. The normalized spacial score (nSPS) is 15.6. The lowest BCUT2D eigenvalue weighted by molar-refractivity contribution is 0.101. The van der Waals surface area contributed by atoms with Crippen molar-refractivity contribution in [1.29, 1.82) is 0 Å². The Morgan fingerprint density at radius 3 is 1.46 bits per heavy atom. The highest BCUT2D eigenvalue weighted by Crippen LogP contribution is 2.38. The number of benzene rings is 10. The first kappa shape index (κ1) is 92.1. The maximum atomic E-state index is 13.0. The number of allylic oxidation sites excluding steroid dienone is 1. The van der Waals surface area contributed by atoms with Gasteiger partial charge in [0.15, 0.2) is 23.8 Å². The predicted molar refractivity (Wildman–Crippen MR) is 523 cm³/mol. The Morgan fingerprint density at radius 2 is 0.903 bits per heavy atom. The van der Waals surface area contributed by atoms with E-state index in [1.807, 2.05) is 159 Å². The quantitative estimate of drug-likeness (QED) is 0.0698. The summed E-state index contributed by atoms with van der Waals surface area (Å²) in [6.07, 6.45) is 12.0. The number of hydrogen-bond donors (Lipinski definition) is 4. The van der Waals surface area contributed by atoms with Gasteiger partial charge in [-0.2, -0.15) is 5.10 Å². The molecule has 680 valence electrons. The molecule has 36 heteroatoms. The molecule has 0 bridgehead atoms. The zero-order valence-electron chi connectivity index (χ0n) is 71.3. The molecule has 9 heterocycles. The minimum absolute atomic E-state index is 0.159. The summed E-state index contributed by atoms with van der Waals surface area (Å²) in [6, 6.07) is 77.5. The first-order chi connectivity index (χ1) is 64.6. The van der Waals surface area contributed by atoms with E-state index < -0.39 is 46.0 Å². The fourth-order valence-electron chi connectivity index (χ4n) is 15.6. The molecule has 4 N–H and O–H groups in total. The van der Waals surface area contributed by atoms with Crippen LogP contribution >= 0.6 is 34.8 Å². The van der Waals surface area contributed by atoms with E-state index in [2.05, 4.69) is 42.4 Å². The molecule has 15 aromatic rings. The zero-order chi connectivity index (χ0) is 93.4. The molecular formula is C98H82Cl3N13O16S4. The average Bonchev–Trinajstić information content (AvgIpc) is 1.20. The second-order valence-electron chi connectivity index (χ2n) is 31.2. The van der Waals surface area contributed by atoms with Gasteiger partial charge in [-0.25, -0.2) is 38.2 Å². The topological polar surface area (TPSA) is 359 Å². The van der Waals surface area contributed by atoms with Gasteiger partial charge in [0, 0.05) is 109 Å². The van der Waals surface area contributed by atoms with Crippen molar-refractivity contribution in [3.05, 3.63) is 346 Å². The third kappa shape index (κ3) is 21.0. The van der Waals surface area contributed by atoms with Crippen molar-refractivity contribution >= 4 is 177 Å². The number of carbonyl (C=O) groups excluding carboxylic acids is 4. The molecule has 29 nitrogen and oxygen atoms in total. The van der Waals surface area contributed by atoms with Crippen molar-refractivity contribution in [2.75, 3.05) is 115 Å². The van der Waals surface area contributed by atoms with Gasteiger partial charge in [0.25, 0.3) is 63.7 Å². The lowest BCUT2D eigenvalue weighted by Gasteiger charge is -2.28. The molecule has 4 aliphatic heterocycles. The third-order valence-electron chi connectivity index (χ3n) is 22.3. The number of rotatable bonds is 16. The lowest BCUT2D eigenvalue weighted by Crippen LogP contribution is -2.41. The van der Waals surface area contributed by atoms with Gasteiger partial charge in [-0.1, -0.05) is 126 Å². The molecule has 5 aromatic heterocycles. The fourth-order valence-corrected chi connectivity index (χ4v) is 21.3. The van der Waals surface area contributed by atoms with E-state index in [4.69, 9.17) is 58.7 Å².